The lowest BCUT2D eigenvalue weighted by Crippen LogP contribution is -2.32. The van der Waals surface area contributed by atoms with Gasteiger partial charge < -0.3 is 10.1 Å². The second kappa shape index (κ2) is 9.09. The van der Waals surface area contributed by atoms with Crippen LogP contribution >= 0.6 is 0 Å². The average Bonchev–Trinajstić information content (AvgIpc) is 2.59. The number of hydrogen-bond donors (Lipinski definition) is 1. The second-order valence-corrected chi connectivity index (χ2v) is 8.80. The number of nitrogens with one attached hydrogen (secondary N) is 1. The maximum Gasteiger partial charge on any atom is 0.407 e. The molecule has 1 N–H and O–H groups in total. The van der Waals surface area contributed by atoms with Crippen molar-refractivity contribution < 1.29 is 9.53 Å². The maximum atomic E-state index is 12.3. The minimum atomic E-state index is -0.575. The molecule has 5 nitrogen and oxygen atoms in total. The minimum Gasteiger partial charge on any atom is -0.444 e. The van der Waals surface area contributed by atoms with Crippen molar-refractivity contribution in [2.45, 2.75) is 67.0 Å². The predicted octanol–water partition coefficient (Wildman–Crippen LogP) is 5.46. The molecule has 2 rings (SSSR count). The van der Waals surface area contributed by atoms with E-state index in [2.05, 4.69) is 25.2 Å². The van der Waals surface area contributed by atoms with Crippen molar-refractivity contribution in [2.75, 3.05) is 0 Å². The van der Waals surface area contributed by atoms with Crippen molar-refractivity contribution in [3.8, 4) is 17.2 Å². The zero-order chi connectivity index (χ0) is 21.8. The number of pyridine rings is 1. The van der Waals surface area contributed by atoms with Gasteiger partial charge in [-0.25, -0.2) is 4.79 Å². The lowest BCUT2D eigenvalue weighted by molar-refractivity contribution is 0.0523. The van der Waals surface area contributed by atoms with E-state index in [1.165, 1.54) is 0 Å². The molecule has 0 aliphatic heterocycles. The molecular formula is C24H31N3O2. The molecule has 0 unspecified atom stereocenters. The van der Waals surface area contributed by atoms with Crippen LogP contribution in [0.3, 0.4) is 0 Å². The number of nitrogens with zero attached hydrogens (tertiary/aromatic N) is 2. The van der Waals surface area contributed by atoms with Gasteiger partial charge in [-0.05, 0) is 52.5 Å². The predicted molar refractivity (Wildman–Crippen MR) is 115 cm³/mol. The van der Waals surface area contributed by atoms with Crippen molar-refractivity contribution in [2.24, 2.45) is 5.92 Å². The maximum absolute atomic E-state index is 12.3. The molecule has 1 aromatic heterocycles. The first-order valence-electron chi connectivity index (χ1n) is 9.98. The van der Waals surface area contributed by atoms with Crippen molar-refractivity contribution in [3.05, 3.63) is 52.3 Å². The van der Waals surface area contributed by atoms with E-state index in [1.807, 2.05) is 58.9 Å². The van der Waals surface area contributed by atoms with Crippen molar-refractivity contribution in [3.63, 3.8) is 0 Å². The number of alkyl carbamates (subject to hydrolysis) is 1. The molecule has 1 aromatic carbocycles. The highest BCUT2D eigenvalue weighted by atomic mass is 16.6. The Bertz CT molecular complexity index is 917. The Morgan fingerprint density at radius 2 is 1.83 bits per heavy atom. The zero-order valence-electron chi connectivity index (χ0n) is 18.5. The van der Waals surface area contributed by atoms with Crippen LogP contribution in [-0.4, -0.2) is 16.7 Å². The summed E-state index contributed by atoms with van der Waals surface area (Å²) in [6.45, 7) is 13.9. The van der Waals surface area contributed by atoms with E-state index in [9.17, 15) is 10.1 Å². The van der Waals surface area contributed by atoms with Crippen LogP contribution in [0, 0.1) is 31.1 Å². The first-order valence-corrected chi connectivity index (χ1v) is 9.98. The summed E-state index contributed by atoms with van der Waals surface area (Å²) >= 11 is 0. The molecule has 2 aromatic rings. The molecule has 5 heteroatoms. The molecule has 1 amide bonds. The van der Waals surface area contributed by atoms with E-state index < -0.39 is 11.7 Å². The van der Waals surface area contributed by atoms with Crippen LogP contribution in [0.15, 0.2) is 24.3 Å². The largest absolute Gasteiger partial charge is 0.444 e. The molecule has 1 heterocycles. The van der Waals surface area contributed by atoms with Gasteiger partial charge in [-0.2, -0.15) is 5.26 Å². The highest BCUT2D eigenvalue weighted by Crippen LogP contribution is 2.32. The lowest BCUT2D eigenvalue weighted by atomic mass is 9.90. The van der Waals surface area contributed by atoms with Gasteiger partial charge in [0.2, 0.25) is 0 Å². The minimum absolute atomic E-state index is 0.252. The Kier molecular flexibility index (Phi) is 7.02. The number of nitriles is 1. The van der Waals surface area contributed by atoms with Crippen molar-refractivity contribution in [1.82, 2.24) is 10.3 Å². The van der Waals surface area contributed by atoms with Crippen LogP contribution in [0.1, 0.15) is 62.7 Å². The van der Waals surface area contributed by atoms with Crippen LogP contribution < -0.4 is 5.32 Å². The molecule has 0 bridgehead atoms. The Hall–Kier alpha value is -2.87. The SMILES string of the molecule is Cc1ccc(-c2c(C#N)c(C)nc(CC(C)C)c2CNC(=O)OC(C)(C)C)cc1. The monoisotopic (exact) mass is 393 g/mol. The molecule has 0 radical (unpaired) electrons. The Morgan fingerprint density at radius 1 is 1.21 bits per heavy atom. The third-order valence-corrected chi connectivity index (χ3v) is 4.43. The van der Waals surface area contributed by atoms with E-state index in [-0.39, 0.29) is 6.54 Å². The van der Waals surface area contributed by atoms with E-state index in [4.69, 9.17) is 9.72 Å². The normalized spacial score (nSPS) is 11.3. The number of ether oxygens (including phenoxy) is 1. The standard InChI is InChI=1S/C24H31N3O2/c1-15(2)12-21-20(14-26-23(28)29-24(5,6)7)22(19(13-25)17(4)27-21)18-10-8-16(3)9-11-18/h8-11,15H,12,14H2,1-7H3,(H,26,28). The fourth-order valence-electron chi connectivity index (χ4n) is 3.20. The third kappa shape index (κ3) is 6.05. The number of carbonyl (C=O) groups excluding carboxylic acids is 1. The van der Waals surface area contributed by atoms with Crippen LogP contribution in [0.25, 0.3) is 11.1 Å². The summed E-state index contributed by atoms with van der Waals surface area (Å²) in [5.74, 6) is 0.390. The fourth-order valence-corrected chi connectivity index (χ4v) is 3.20. The number of rotatable bonds is 5. The zero-order valence-corrected chi connectivity index (χ0v) is 18.5. The van der Waals surface area contributed by atoms with E-state index in [0.717, 1.165) is 34.4 Å². The van der Waals surface area contributed by atoms with Crippen LogP contribution in [0.2, 0.25) is 0 Å². The van der Waals surface area contributed by atoms with E-state index in [1.54, 1.807) is 0 Å². The molecule has 0 fully saturated rings. The molecule has 154 valence electrons. The molecular weight excluding hydrogens is 362 g/mol. The topological polar surface area (TPSA) is 75.0 Å². The van der Waals surface area contributed by atoms with Gasteiger partial charge in [0.15, 0.2) is 0 Å². The number of aromatic nitrogens is 1. The summed E-state index contributed by atoms with van der Waals surface area (Å²) in [6, 6.07) is 10.4. The van der Waals surface area contributed by atoms with Gasteiger partial charge in [-0.1, -0.05) is 43.7 Å². The van der Waals surface area contributed by atoms with E-state index in [0.29, 0.717) is 17.2 Å². The van der Waals surface area contributed by atoms with Gasteiger partial charge in [0.1, 0.15) is 11.7 Å². The average molecular weight is 394 g/mol. The summed E-state index contributed by atoms with van der Waals surface area (Å²) in [4.78, 5) is 17.0. The van der Waals surface area contributed by atoms with Crippen LogP contribution in [-0.2, 0) is 17.7 Å². The summed E-state index contributed by atoms with van der Waals surface area (Å²) in [5, 5.41) is 12.7. The molecule has 29 heavy (non-hydrogen) atoms. The molecule has 0 saturated heterocycles. The van der Waals surface area contributed by atoms with Gasteiger partial charge in [0.05, 0.1) is 11.3 Å². The first-order chi connectivity index (χ1) is 13.5. The summed E-state index contributed by atoms with van der Waals surface area (Å²) in [5.41, 5.74) is 5.39. The van der Waals surface area contributed by atoms with Crippen molar-refractivity contribution in [1.29, 1.82) is 5.26 Å². The van der Waals surface area contributed by atoms with Gasteiger partial charge in [0, 0.05) is 23.4 Å². The van der Waals surface area contributed by atoms with Crippen LogP contribution in [0.5, 0.6) is 0 Å². The number of benzene rings is 1. The molecule has 0 aliphatic rings. The first kappa shape index (κ1) is 22.4. The summed E-state index contributed by atoms with van der Waals surface area (Å²) in [6.07, 6.45) is 0.276. The third-order valence-electron chi connectivity index (χ3n) is 4.43. The molecule has 0 saturated carbocycles. The molecule has 0 spiro atoms. The Balaban J connectivity index is 2.58. The lowest BCUT2D eigenvalue weighted by Gasteiger charge is -2.22. The fraction of sp³-hybridized carbons (Fsp3) is 0.458. The molecule has 0 aliphatic carbocycles. The Labute approximate surface area is 174 Å². The van der Waals surface area contributed by atoms with Gasteiger partial charge >= 0.3 is 6.09 Å². The molecule has 0 atom stereocenters. The second-order valence-electron chi connectivity index (χ2n) is 8.80. The van der Waals surface area contributed by atoms with Crippen LogP contribution in [0.4, 0.5) is 4.79 Å². The number of amides is 1. The van der Waals surface area contributed by atoms with Gasteiger partial charge in [-0.15, -0.1) is 0 Å². The highest BCUT2D eigenvalue weighted by Gasteiger charge is 2.22. The highest BCUT2D eigenvalue weighted by molar-refractivity contribution is 5.76. The van der Waals surface area contributed by atoms with Crippen molar-refractivity contribution >= 4 is 6.09 Å². The summed E-state index contributed by atoms with van der Waals surface area (Å²) in [7, 11) is 0. The van der Waals surface area contributed by atoms with E-state index >= 15 is 0 Å². The number of carbonyl (C=O) groups is 1. The van der Waals surface area contributed by atoms with Gasteiger partial charge in [-0.3, -0.25) is 4.98 Å². The number of hydrogen-bond acceptors (Lipinski definition) is 4. The number of aryl methyl sites for hydroxylation is 2. The smallest absolute Gasteiger partial charge is 0.407 e. The summed E-state index contributed by atoms with van der Waals surface area (Å²) < 4.78 is 5.39. The van der Waals surface area contributed by atoms with Gasteiger partial charge in [0.25, 0.3) is 0 Å². The Morgan fingerprint density at radius 3 is 2.34 bits per heavy atom. The quantitative estimate of drug-likeness (QED) is 0.732.